The van der Waals surface area contributed by atoms with Crippen LogP contribution in [0.4, 0.5) is 0 Å². The van der Waals surface area contributed by atoms with Gasteiger partial charge >= 0.3 is 0 Å². The first-order chi connectivity index (χ1) is 13.2. The Bertz CT molecular complexity index is 756. The number of rotatable bonds is 6. The van der Waals surface area contributed by atoms with Crippen molar-refractivity contribution in [2.45, 2.75) is 32.3 Å². The van der Waals surface area contributed by atoms with Crippen LogP contribution in [0.2, 0.25) is 5.02 Å². The molecule has 0 amide bonds. The fraction of sp³-hybridized carbons (Fsp3) is 0.526. The number of halogens is 1. The summed E-state index contributed by atoms with van der Waals surface area (Å²) in [5.41, 5.74) is 0.846. The largest absolute Gasteiger partial charge is 0.378 e. The van der Waals surface area contributed by atoms with Crippen LogP contribution in [-0.2, 0) is 11.2 Å². The van der Waals surface area contributed by atoms with E-state index in [-0.39, 0.29) is 0 Å². The van der Waals surface area contributed by atoms with Crippen LogP contribution in [0.15, 0.2) is 33.8 Å². The number of hydrogen-bond acceptors (Lipinski definition) is 5. The Morgan fingerprint density at radius 3 is 2.93 bits per heavy atom. The van der Waals surface area contributed by atoms with E-state index in [0.717, 1.165) is 44.1 Å². The molecule has 1 aliphatic heterocycles. The smallest absolute Gasteiger partial charge is 0.228 e. The predicted molar refractivity (Wildman–Crippen MR) is 106 cm³/mol. The van der Waals surface area contributed by atoms with E-state index in [1.165, 1.54) is 0 Å². The van der Waals surface area contributed by atoms with Gasteiger partial charge < -0.3 is 19.5 Å². The Labute approximate surface area is 164 Å². The van der Waals surface area contributed by atoms with E-state index in [9.17, 15) is 0 Å². The lowest BCUT2D eigenvalue weighted by Gasteiger charge is -2.34. The van der Waals surface area contributed by atoms with E-state index in [1.807, 2.05) is 31.2 Å². The van der Waals surface area contributed by atoms with Gasteiger partial charge in [-0.25, -0.2) is 0 Å². The summed E-state index contributed by atoms with van der Waals surface area (Å²) in [5, 5.41) is 8.06. The molecule has 1 aliphatic rings. The summed E-state index contributed by atoms with van der Waals surface area (Å²) in [6, 6.07) is 7.42. The molecule has 0 atom stereocenters. The maximum Gasteiger partial charge on any atom is 0.228 e. The molecule has 0 bridgehead atoms. The van der Waals surface area contributed by atoms with Crippen LogP contribution in [0.3, 0.4) is 0 Å². The SMILES string of the molecule is CCOC1CCN(C(=NC)NCCc2nc(-c3cccc(Cl)c3)no2)CC1. The van der Waals surface area contributed by atoms with Crippen molar-refractivity contribution < 1.29 is 9.26 Å². The van der Waals surface area contributed by atoms with Gasteiger partial charge in [-0.3, -0.25) is 4.99 Å². The van der Waals surface area contributed by atoms with Crippen LogP contribution in [0.25, 0.3) is 11.4 Å². The van der Waals surface area contributed by atoms with Crippen molar-refractivity contribution in [1.29, 1.82) is 0 Å². The van der Waals surface area contributed by atoms with Crippen molar-refractivity contribution in [2.75, 3.05) is 33.3 Å². The third-order valence-corrected chi connectivity index (χ3v) is 4.76. The van der Waals surface area contributed by atoms with Gasteiger partial charge in [-0.15, -0.1) is 0 Å². The lowest BCUT2D eigenvalue weighted by atomic mass is 10.1. The molecule has 2 heterocycles. The van der Waals surface area contributed by atoms with E-state index >= 15 is 0 Å². The third kappa shape index (κ3) is 5.43. The zero-order valence-corrected chi connectivity index (χ0v) is 16.6. The predicted octanol–water partition coefficient (Wildman–Crippen LogP) is 3.01. The molecule has 1 aromatic carbocycles. The summed E-state index contributed by atoms with van der Waals surface area (Å²) in [7, 11) is 1.81. The Morgan fingerprint density at radius 1 is 1.41 bits per heavy atom. The zero-order valence-electron chi connectivity index (χ0n) is 15.8. The van der Waals surface area contributed by atoms with Crippen molar-refractivity contribution >= 4 is 17.6 Å². The van der Waals surface area contributed by atoms with Crippen LogP contribution in [0, 0.1) is 0 Å². The van der Waals surface area contributed by atoms with Crippen LogP contribution < -0.4 is 5.32 Å². The van der Waals surface area contributed by atoms with Crippen molar-refractivity contribution in [3.8, 4) is 11.4 Å². The van der Waals surface area contributed by atoms with Gasteiger partial charge in [0, 0.05) is 50.3 Å². The second kappa shape index (κ2) is 9.71. The molecule has 1 aromatic heterocycles. The topological polar surface area (TPSA) is 75.8 Å². The second-order valence-electron chi connectivity index (χ2n) is 6.39. The van der Waals surface area contributed by atoms with Gasteiger partial charge in [-0.1, -0.05) is 28.9 Å². The maximum atomic E-state index is 6.01. The van der Waals surface area contributed by atoms with Crippen LogP contribution in [-0.4, -0.2) is 60.4 Å². The molecule has 0 saturated carbocycles. The number of guanidine groups is 1. The average molecular weight is 392 g/mol. The van der Waals surface area contributed by atoms with Crippen molar-refractivity contribution in [2.24, 2.45) is 4.99 Å². The molecule has 0 aliphatic carbocycles. The first-order valence-corrected chi connectivity index (χ1v) is 9.73. The number of hydrogen-bond donors (Lipinski definition) is 1. The highest BCUT2D eigenvalue weighted by Crippen LogP contribution is 2.20. The molecular weight excluding hydrogens is 366 g/mol. The summed E-state index contributed by atoms with van der Waals surface area (Å²) < 4.78 is 11.1. The Morgan fingerprint density at radius 2 is 2.22 bits per heavy atom. The number of nitrogens with zero attached hydrogens (tertiary/aromatic N) is 4. The fourth-order valence-corrected chi connectivity index (χ4v) is 3.38. The summed E-state index contributed by atoms with van der Waals surface area (Å²) in [4.78, 5) is 11.1. The van der Waals surface area contributed by atoms with Crippen molar-refractivity contribution in [3.63, 3.8) is 0 Å². The first kappa shape index (κ1) is 19.6. The molecule has 3 rings (SSSR count). The number of ether oxygens (including phenoxy) is 1. The normalized spacial score (nSPS) is 16.0. The first-order valence-electron chi connectivity index (χ1n) is 9.35. The number of nitrogens with one attached hydrogen (secondary N) is 1. The monoisotopic (exact) mass is 391 g/mol. The minimum Gasteiger partial charge on any atom is -0.378 e. The number of aliphatic imine (C=N–C) groups is 1. The Balaban J connectivity index is 1.48. The number of benzene rings is 1. The molecule has 0 unspecified atom stereocenters. The number of aromatic nitrogens is 2. The molecule has 146 valence electrons. The number of likely N-dealkylation sites (tertiary alicyclic amines) is 1. The highest BCUT2D eigenvalue weighted by Gasteiger charge is 2.21. The molecule has 1 fully saturated rings. The van der Waals surface area contributed by atoms with E-state index < -0.39 is 0 Å². The standard InChI is InChI=1S/C19H26ClN5O2/c1-3-26-16-8-11-25(12-9-16)19(21-2)22-10-7-17-23-18(24-27-17)14-5-4-6-15(20)13-14/h4-6,13,16H,3,7-12H2,1-2H3,(H,21,22). The molecule has 7 nitrogen and oxygen atoms in total. The van der Waals surface area contributed by atoms with Crippen molar-refractivity contribution in [3.05, 3.63) is 35.2 Å². The summed E-state index contributed by atoms with van der Waals surface area (Å²) >= 11 is 6.01. The summed E-state index contributed by atoms with van der Waals surface area (Å²) in [6.45, 7) is 5.39. The van der Waals surface area contributed by atoms with Gasteiger partial charge in [0.25, 0.3) is 0 Å². The highest BCUT2D eigenvalue weighted by atomic mass is 35.5. The molecule has 2 aromatic rings. The quantitative estimate of drug-likeness (QED) is 0.602. The van der Waals surface area contributed by atoms with Gasteiger partial charge in [0.15, 0.2) is 5.96 Å². The third-order valence-electron chi connectivity index (χ3n) is 4.53. The van der Waals surface area contributed by atoms with E-state index in [1.54, 1.807) is 7.05 Å². The van der Waals surface area contributed by atoms with Crippen molar-refractivity contribution in [1.82, 2.24) is 20.4 Å². The lowest BCUT2D eigenvalue weighted by molar-refractivity contribution is 0.0264. The fourth-order valence-electron chi connectivity index (χ4n) is 3.18. The van der Waals surface area contributed by atoms with Gasteiger partial charge in [-0.05, 0) is 31.9 Å². The highest BCUT2D eigenvalue weighted by molar-refractivity contribution is 6.30. The summed E-state index contributed by atoms with van der Waals surface area (Å²) in [6.07, 6.45) is 3.05. The van der Waals surface area contributed by atoms with E-state index in [0.29, 0.717) is 35.8 Å². The molecule has 27 heavy (non-hydrogen) atoms. The minimum atomic E-state index is 0.368. The van der Waals surface area contributed by atoms with E-state index in [2.05, 4.69) is 25.3 Å². The molecule has 8 heteroatoms. The Kier molecular flexibility index (Phi) is 7.06. The van der Waals surface area contributed by atoms with Gasteiger partial charge in [0.1, 0.15) is 0 Å². The van der Waals surface area contributed by atoms with Crippen LogP contribution >= 0.6 is 11.6 Å². The van der Waals surface area contributed by atoms with Gasteiger partial charge in [-0.2, -0.15) is 4.98 Å². The van der Waals surface area contributed by atoms with Gasteiger partial charge in [0.05, 0.1) is 6.10 Å². The number of piperidine rings is 1. The van der Waals surface area contributed by atoms with Crippen LogP contribution in [0.1, 0.15) is 25.7 Å². The van der Waals surface area contributed by atoms with E-state index in [4.69, 9.17) is 20.9 Å². The van der Waals surface area contributed by atoms with Gasteiger partial charge in [0.2, 0.25) is 11.7 Å². The molecular formula is C19H26ClN5O2. The molecule has 0 radical (unpaired) electrons. The maximum absolute atomic E-state index is 6.01. The molecule has 1 saturated heterocycles. The second-order valence-corrected chi connectivity index (χ2v) is 6.82. The summed E-state index contributed by atoms with van der Waals surface area (Å²) in [5.74, 6) is 2.04. The Hall–Kier alpha value is -2.12. The zero-order chi connectivity index (χ0) is 19.1. The minimum absolute atomic E-state index is 0.368. The average Bonchev–Trinajstić information content (AvgIpc) is 3.15. The van der Waals surface area contributed by atoms with Crippen LogP contribution in [0.5, 0.6) is 0 Å². The molecule has 0 spiro atoms. The lowest BCUT2D eigenvalue weighted by Crippen LogP contribution is -2.47. The molecule has 1 N–H and O–H groups in total.